The van der Waals surface area contributed by atoms with E-state index in [9.17, 15) is 9.59 Å². The van der Waals surface area contributed by atoms with E-state index in [1.54, 1.807) is 0 Å². The highest BCUT2D eigenvalue weighted by Crippen LogP contribution is 2.33. The molecule has 0 bridgehead atoms. The Hall–Kier alpha value is -1.91. The van der Waals surface area contributed by atoms with Crippen LogP contribution in [-0.2, 0) is 0 Å². The van der Waals surface area contributed by atoms with Gasteiger partial charge in [0.05, 0.1) is 5.56 Å². The van der Waals surface area contributed by atoms with E-state index in [1.807, 2.05) is 4.90 Å². The van der Waals surface area contributed by atoms with E-state index in [2.05, 4.69) is 18.8 Å². The number of nitrogens with zero attached hydrogens (tertiary/aromatic N) is 2. The maximum absolute atomic E-state index is 12.3. The minimum Gasteiger partial charge on any atom is -0.477 e. The summed E-state index contributed by atoms with van der Waals surface area (Å²) < 4.78 is 0. The van der Waals surface area contributed by atoms with Crippen LogP contribution in [0.3, 0.4) is 0 Å². The van der Waals surface area contributed by atoms with Crippen LogP contribution in [0.2, 0.25) is 0 Å². The molecule has 5 heteroatoms. The number of carbonyl (C=O) groups excluding carboxylic acids is 1. The van der Waals surface area contributed by atoms with Gasteiger partial charge in [-0.2, -0.15) is 0 Å². The second kappa shape index (κ2) is 4.99. The molecule has 1 amide bonds. The Labute approximate surface area is 112 Å². The summed E-state index contributed by atoms with van der Waals surface area (Å²) in [7, 11) is 0. The maximum Gasteiger partial charge on any atom is 0.354 e. The summed E-state index contributed by atoms with van der Waals surface area (Å²) in [4.78, 5) is 28.6. The van der Waals surface area contributed by atoms with E-state index in [0.717, 1.165) is 25.9 Å². The van der Waals surface area contributed by atoms with Gasteiger partial charge in [-0.1, -0.05) is 13.8 Å². The minimum absolute atomic E-state index is 0.0450. The molecular formula is C14H18N2O3. The second-order valence-electron chi connectivity index (χ2n) is 5.38. The Bertz CT molecular complexity index is 498. The lowest BCUT2D eigenvalue weighted by atomic mass is 9.87. The van der Waals surface area contributed by atoms with E-state index >= 15 is 0 Å². The molecule has 19 heavy (non-hydrogen) atoms. The van der Waals surface area contributed by atoms with Crippen molar-refractivity contribution < 1.29 is 14.7 Å². The lowest BCUT2D eigenvalue weighted by molar-refractivity contribution is 0.0688. The zero-order chi connectivity index (χ0) is 14.0. The Morgan fingerprint density at radius 3 is 2.68 bits per heavy atom. The fraction of sp³-hybridized carbons (Fsp3) is 0.500. The first-order valence-corrected chi connectivity index (χ1v) is 6.44. The summed E-state index contributed by atoms with van der Waals surface area (Å²) in [5.41, 5.74) is 0.603. The van der Waals surface area contributed by atoms with Crippen molar-refractivity contribution in [3.05, 3.63) is 29.6 Å². The molecule has 1 N–H and O–H groups in total. The smallest absolute Gasteiger partial charge is 0.354 e. The molecule has 1 aromatic heterocycles. The zero-order valence-corrected chi connectivity index (χ0v) is 11.2. The van der Waals surface area contributed by atoms with Gasteiger partial charge in [-0.05, 0) is 30.4 Å². The number of amides is 1. The summed E-state index contributed by atoms with van der Waals surface area (Å²) in [5, 5.41) is 8.77. The molecule has 1 aromatic rings. The van der Waals surface area contributed by atoms with Gasteiger partial charge in [0.15, 0.2) is 0 Å². The Kier molecular flexibility index (Phi) is 3.55. The van der Waals surface area contributed by atoms with Gasteiger partial charge in [0.25, 0.3) is 5.91 Å². The highest BCUT2D eigenvalue weighted by Gasteiger charge is 2.34. The topological polar surface area (TPSA) is 70.5 Å². The Morgan fingerprint density at radius 1 is 1.47 bits per heavy atom. The van der Waals surface area contributed by atoms with Gasteiger partial charge >= 0.3 is 5.97 Å². The monoisotopic (exact) mass is 262 g/mol. The van der Waals surface area contributed by atoms with Crippen molar-refractivity contribution in [3.63, 3.8) is 0 Å². The predicted octanol–water partition coefficient (Wildman–Crippen LogP) is 2.04. The molecule has 0 aliphatic carbocycles. The third-order valence-electron chi connectivity index (χ3n) is 3.93. The first kappa shape index (κ1) is 13.5. The summed E-state index contributed by atoms with van der Waals surface area (Å²) in [6.07, 6.45) is 3.40. The van der Waals surface area contributed by atoms with Crippen molar-refractivity contribution in [2.45, 2.75) is 26.7 Å². The number of hydrogen-bond acceptors (Lipinski definition) is 3. The minimum atomic E-state index is -1.08. The van der Waals surface area contributed by atoms with Crippen molar-refractivity contribution in [2.75, 3.05) is 13.1 Å². The van der Waals surface area contributed by atoms with Crippen LogP contribution in [0.5, 0.6) is 0 Å². The highest BCUT2D eigenvalue weighted by atomic mass is 16.4. The highest BCUT2D eigenvalue weighted by molar-refractivity contribution is 5.95. The van der Waals surface area contributed by atoms with Crippen LogP contribution >= 0.6 is 0 Å². The standard InChI is InChI=1S/C14H18N2O3/c1-3-14(2)6-7-16(9-14)12(17)10-4-5-11(13(18)19)15-8-10/h4-5,8H,3,6-7,9H2,1-2H3,(H,18,19). The molecule has 0 saturated carbocycles. The molecule has 0 aromatic carbocycles. The fourth-order valence-electron chi connectivity index (χ4n) is 2.32. The number of aromatic nitrogens is 1. The molecule has 0 radical (unpaired) electrons. The number of aromatic carboxylic acids is 1. The van der Waals surface area contributed by atoms with Gasteiger partial charge in [0.1, 0.15) is 5.69 Å². The summed E-state index contributed by atoms with van der Waals surface area (Å²) in [5.74, 6) is -1.15. The molecule has 1 unspecified atom stereocenters. The molecule has 1 fully saturated rings. The number of hydrogen-bond donors (Lipinski definition) is 1. The molecule has 1 saturated heterocycles. The van der Waals surface area contributed by atoms with E-state index in [4.69, 9.17) is 5.11 Å². The van der Waals surface area contributed by atoms with E-state index in [1.165, 1.54) is 18.3 Å². The molecular weight excluding hydrogens is 244 g/mol. The summed E-state index contributed by atoms with van der Waals surface area (Å²) in [6.45, 7) is 5.83. The molecule has 102 valence electrons. The van der Waals surface area contributed by atoms with E-state index < -0.39 is 5.97 Å². The zero-order valence-electron chi connectivity index (χ0n) is 11.2. The number of carboxylic acids is 1. The molecule has 1 atom stereocenters. The molecule has 1 aliphatic rings. The molecule has 1 aliphatic heterocycles. The number of likely N-dealkylation sites (tertiary alicyclic amines) is 1. The second-order valence-corrected chi connectivity index (χ2v) is 5.38. The van der Waals surface area contributed by atoms with Crippen LogP contribution in [0, 0.1) is 5.41 Å². The molecule has 5 nitrogen and oxygen atoms in total. The van der Waals surface area contributed by atoms with Gasteiger partial charge in [-0.25, -0.2) is 9.78 Å². The predicted molar refractivity (Wildman–Crippen MR) is 70.1 cm³/mol. The van der Waals surface area contributed by atoms with Crippen LogP contribution < -0.4 is 0 Å². The van der Waals surface area contributed by atoms with E-state index in [-0.39, 0.29) is 17.0 Å². The maximum atomic E-state index is 12.3. The van der Waals surface area contributed by atoms with Crippen LogP contribution in [0.15, 0.2) is 18.3 Å². The van der Waals surface area contributed by atoms with Crippen LogP contribution in [-0.4, -0.2) is 40.0 Å². The average molecular weight is 262 g/mol. The Morgan fingerprint density at radius 2 is 2.21 bits per heavy atom. The van der Waals surface area contributed by atoms with Gasteiger partial charge < -0.3 is 10.0 Å². The van der Waals surface area contributed by atoms with Gasteiger partial charge in [0.2, 0.25) is 0 Å². The lowest BCUT2D eigenvalue weighted by Crippen LogP contribution is -2.31. The largest absolute Gasteiger partial charge is 0.477 e. The lowest BCUT2D eigenvalue weighted by Gasteiger charge is -2.22. The Balaban J connectivity index is 2.10. The van der Waals surface area contributed by atoms with E-state index in [0.29, 0.717) is 5.56 Å². The first-order valence-electron chi connectivity index (χ1n) is 6.44. The van der Waals surface area contributed by atoms with Crippen LogP contribution in [0.4, 0.5) is 0 Å². The summed E-state index contributed by atoms with van der Waals surface area (Å²) in [6, 6.07) is 2.89. The third-order valence-corrected chi connectivity index (χ3v) is 3.93. The van der Waals surface area contributed by atoms with Crippen LogP contribution in [0.1, 0.15) is 47.5 Å². The van der Waals surface area contributed by atoms with Gasteiger partial charge in [-0.15, -0.1) is 0 Å². The average Bonchev–Trinajstić information content (AvgIpc) is 2.81. The summed E-state index contributed by atoms with van der Waals surface area (Å²) >= 11 is 0. The number of carboxylic acid groups (broad SMARTS) is 1. The van der Waals surface area contributed by atoms with Crippen molar-refractivity contribution >= 4 is 11.9 Å². The number of rotatable bonds is 3. The quantitative estimate of drug-likeness (QED) is 0.905. The number of carbonyl (C=O) groups is 2. The molecule has 2 heterocycles. The van der Waals surface area contributed by atoms with Crippen molar-refractivity contribution in [2.24, 2.45) is 5.41 Å². The fourth-order valence-corrected chi connectivity index (χ4v) is 2.32. The normalized spacial score (nSPS) is 22.5. The molecule has 0 spiro atoms. The molecule has 2 rings (SSSR count). The van der Waals surface area contributed by atoms with Gasteiger partial charge in [-0.3, -0.25) is 4.79 Å². The van der Waals surface area contributed by atoms with Crippen molar-refractivity contribution in [1.29, 1.82) is 0 Å². The van der Waals surface area contributed by atoms with Gasteiger partial charge in [0, 0.05) is 19.3 Å². The van der Waals surface area contributed by atoms with Crippen molar-refractivity contribution in [3.8, 4) is 0 Å². The van der Waals surface area contributed by atoms with Crippen LogP contribution in [0.25, 0.3) is 0 Å². The van der Waals surface area contributed by atoms with Crippen molar-refractivity contribution in [1.82, 2.24) is 9.88 Å². The first-order chi connectivity index (χ1) is 8.95. The third kappa shape index (κ3) is 2.75. The SMILES string of the molecule is CCC1(C)CCN(C(=O)c2ccc(C(=O)O)nc2)C1. The number of pyridine rings is 1.